The van der Waals surface area contributed by atoms with Gasteiger partial charge in [0.2, 0.25) is 0 Å². The number of amides is 1. The Labute approximate surface area is 131 Å². The quantitative estimate of drug-likeness (QED) is 0.799. The van der Waals surface area contributed by atoms with E-state index in [4.69, 9.17) is 9.47 Å². The van der Waals surface area contributed by atoms with Crippen molar-refractivity contribution in [1.82, 2.24) is 5.32 Å². The molecule has 4 nitrogen and oxygen atoms in total. The average Bonchev–Trinajstić information content (AvgIpc) is 2.54. The Balaban J connectivity index is 1.81. The first-order chi connectivity index (χ1) is 10.7. The number of carbonyl (C=O) groups is 1. The molecule has 0 unspecified atom stereocenters. The van der Waals surface area contributed by atoms with E-state index in [1.165, 1.54) is 5.56 Å². The number of carbonyl (C=O) groups excluding carboxylic acids is 1. The largest absolute Gasteiger partial charge is 0.493 e. The Morgan fingerprint density at radius 1 is 1.05 bits per heavy atom. The van der Waals surface area contributed by atoms with Crippen molar-refractivity contribution in [3.63, 3.8) is 0 Å². The van der Waals surface area contributed by atoms with Gasteiger partial charge < -0.3 is 14.8 Å². The standard InChI is InChI=1S/C18H21NO3/c1-3-21-17-7-5-4-6-16(17)18(20)19-12-13-22-15-10-8-14(2)9-11-15/h4-11H,3,12-13H2,1-2H3,(H,19,20). The van der Waals surface area contributed by atoms with Crippen LogP contribution in [0, 0.1) is 6.92 Å². The number of aryl methyl sites for hydroxylation is 1. The first-order valence-electron chi connectivity index (χ1n) is 7.40. The molecule has 0 saturated heterocycles. The molecule has 0 aliphatic heterocycles. The topological polar surface area (TPSA) is 47.6 Å². The van der Waals surface area contributed by atoms with Crippen molar-refractivity contribution < 1.29 is 14.3 Å². The molecule has 2 aromatic carbocycles. The van der Waals surface area contributed by atoms with Gasteiger partial charge in [-0.3, -0.25) is 4.79 Å². The van der Waals surface area contributed by atoms with Gasteiger partial charge in [0.1, 0.15) is 18.1 Å². The highest BCUT2D eigenvalue weighted by molar-refractivity contribution is 5.96. The molecule has 2 rings (SSSR count). The Hall–Kier alpha value is -2.49. The van der Waals surface area contributed by atoms with Crippen LogP contribution < -0.4 is 14.8 Å². The maximum atomic E-state index is 12.1. The molecule has 0 radical (unpaired) electrons. The summed E-state index contributed by atoms with van der Waals surface area (Å²) in [7, 11) is 0. The third-order valence-electron chi connectivity index (χ3n) is 3.11. The maximum Gasteiger partial charge on any atom is 0.255 e. The predicted molar refractivity (Wildman–Crippen MR) is 86.6 cm³/mol. The predicted octanol–water partition coefficient (Wildman–Crippen LogP) is 3.20. The lowest BCUT2D eigenvalue weighted by Gasteiger charge is -2.11. The lowest BCUT2D eigenvalue weighted by atomic mass is 10.2. The molecule has 116 valence electrons. The minimum Gasteiger partial charge on any atom is -0.493 e. The summed E-state index contributed by atoms with van der Waals surface area (Å²) in [5, 5.41) is 2.84. The number of benzene rings is 2. The Kier molecular flexibility index (Phi) is 5.83. The van der Waals surface area contributed by atoms with E-state index in [2.05, 4.69) is 5.32 Å². The van der Waals surface area contributed by atoms with E-state index in [1.807, 2.05) is 50.2 Å². The van der Waals surface area contributed by atoms with Gasteiger partial charge in [-0.2, -0.15) is 0 Å². The summed E-state index contributed by atoms with van der Waals surface area (Å²) in [6.07, 6.45) is 0. The third kappa shape index (κ3) is 4.52. The molecule has 1 N–H and O–H groups in total. The zero-order chi connectivity index (χ0) is 15.8. The maximum absolute atomic E-state index is 12.1. The summed E-state index contributed by atoms with van der Waals surface area (Å²) in [5.41, 5.74) is 1.73. The van der Waals surface area contributed by atoms with Gasteiger partial charge in [-0.15, -0.1) is 0 Å². The van der Waals surface area contributed by atoms with Crippen LogP contribution in [0.15, 0.2) is 48.5 Å². The van der Waals surface area contributed by atoms with E-state index in [0.29, 0.717) is 31.1 Å². The van der Waals surface area contributed by atoms with Crippen LogP contribution in [0.2, 0.25) is 0 Å². The zero-order valence-corrected chi connectivity index (χ0v) is 13.0. The van der Waals surface area contributed by atoms with Crippen molar-refractivity contribution in [2.45, 2.75) is 13.8 Å². The number of para-hydroxylation sites is 1. The van der Waals surface area contributed by atoms with Gasteiger partial charge in [0, 0.05) is 0 Å². The average molecular weight is 299 g/mol. The van der Waals surface area contributed by atoms with Crippen molar-refractivity contribution >= 4 is 5.91 Å². The fourth-order valence-corrected chi connectivity index (χ4v) is 2.00. The monoisotopic (exact) mass is 299 g/mol. The van der Waals surface area contributed by atoms with Crippen LogP contribution in [0.1, 0.15) is 22.8 Å². The fourth-order valence-electron chi connectivity index (χ4n) is 2.00. The van der Waals surface area contributed by atoms with Gasteiger partial charge in [-0.25, -0.2) is 0 Å². The number of ether oxygens (including phenoxy) is 2. The van der Waals surface area contributed by atoms with Crippen molar-refractivity contribution in [3.05, 3.63) is 59.7 Å². The molecule has 2 aromatic rings. The zero-order valence-electron chi connectivity index (χ0n) is 13.0. The molecule has 0 atom stereocenters. The Morgan fingerprint density at radius 2 is 1.77 bits per heavy atom. The summed E-state index contributed by atoms with van der Waals surface area (Å²) in [5.74, 6) is 1.24. The lowest BCUT2D eigenvalue weighted by molar-refractivity contribution is 0.0943. The number of hydrogen-bond acceptors (Lipinski definition) is 3. The second kappa shape index (κ2) is 8.08. The number of nitrogens with one attached hydrogen (secondary N) is 1. The Morgan fingerprint density at radius 3 is 2.50 bits per heavy atom. The van der Waals surface area contributed by atoms with Gasteiger partial charge >= 0.3 is 0 Å². The molecule has 0 saturated carbocycles. The van der Waals surface area contributed by atoms with E-state index < -0.39 is 0 Å². The van der Waals surface area contributed by atoms with Crippen molar-refractivity contribution in [2.24, 2.45) is 0 Å². The molecular formula is C18H21NO3. The first-order valence-corrected chi connectivity index (χ1v) is 7.40. The van der Waals surface area contributed by atoms with Gasteiger partial charge in [0.25, 0.3) is 5.91 Å². The van der Waals surface area contributed by atoms with Crippen LogP contribution >= 0.6 is 0 Å². The first kappa shape index (κ1) is 15.9. The SMILES string of the molecule is CCOc1ccccc1C(=O)NCCOc1ccc(C)cc1. The van der Waals surface area contributed by atoms with Crippen LogP contribution in [0.25, 0.3) is 0 Å². The lowest BCUT2D eigenvalue weighted by Crippen LogP contribution is -2.28. The molecule has 22 heavy (non-hydrogen) atoms. The van der Waals surface area contributed by atoms with Crippen molar-refractivity contribution in [3.8, 4) is 11.5 Å². The van der Waals surface area contributed by atoms with Crippen LogP contribution in [-0.4, -0.2) is 25.7 Å². The molecule has 0 fully saturated rings. The smallest absolute Gasteiger partial charge is 0.255 e. The summed E-state index contributed by atoms with van der Waals surface area (Å²) in [6, 6.07) is 15.0. The molecule has 0 aliphatic carbocycles. The van der Waals surface area contributed by atoms with Crippen LogP contribution in [0.3, 0.4) is 0 Å². The Bertz CT molecular complexity index is 608. The molecule has 0 heterocycles. The van der Waals surface area contributed by atoms with E-state index in [1.54, 1.807) is 12.1 Å². The molecule has 1 amide bonds. The summed E-state index contributed by atoms with van der Waals surface area (Å²) < 4.78 is 11.0. The van der Waals surface area contributed by atoms with Crippen LogP contribution in [-0.2, 0) is 0 Å². The van der Waals surface area contributed by atoms with Gasteiger partial charge in [-0.1, -0.05) is 29.8 Å². The van der Waals surface area contributed by atoms with Gasteiger partial charge in [0.15, 0.2) is 0 Å². The van der Waals surface area contributed by atoms with Crippen LogP contribution in [0.4, 0.5) is 0 Å². The number of hydrogen-bond donors (Lipinski definition) is 1. The highest BCUT2D eigenvalue weighted by Gasteiger charge is 2.10. The van der Waals surface area contributed by atoms with Crippen molar-refractivity contribution in [2.75, 3.05) is 19.8 Å². The van der Waals surface area contributed by atoms with Crippen molar-refractivity contribution in [1.29, 1.82) is 0 Å². The van der Waals surface area contributed by atoms with Gasteiger partial charge in [0.05, 0.1) is 18.7 Å². The summed E-state index contributed by atoms with van der Waals surface area (Å²) >= 11 is 0. The third-order valence-corrected chi connectivity index (χ3v) is 3.11. The molecule has 4 heteroatoms. The normalized spacial score (nSPS) is 10.1. The van der Waals surface area contributed by atoms with E-state index in [0.717, 1.165) is 5.75 Å². The summed E-state index contributed by atoms with van der Waals surface area (Å²) in [4.78, 5) is 12.1. The fraction of sp³-hybridized carbons (Fsp3) is 0.278. The van der Waals surface area contributed by atoms with E-state index in [9.17, 15) is 4.79 Å². The van der Waals surface area contributed by atoms with Crippen LogP contribution in [0.5, 0.6) is 11.5 Å². The second-order valence-corrected chi connectivity index (χ2v) is 4.85. The molecule has 0 bridgehead atoms. The highest BCUT2D eigenvalue weighted by atomic mass is 16.5. The molecular weight excluding hydrogens is 278 g/mol. The minimum absolute atomic E-state index is 0.156. The molecule has 0 spiro atoms. The highest BCUT2D eigenvalue weighted by Crippen LogP contribution is 2.17. The number of rotatable bonds is 7. The molecule has 0 aliphatic rings. The molecule has 0 aromatic heterocycles. The van der Waals surface area contributed by atoms with Gasteiger partial charge in [-0.05, 0) is 38.1 Å². The van der Waals surface area contributed by atoms with E-state index in [-0.39, 0.29) is 5.91 Å². The minimum atomic E-state index is -0.156. The second-order valence-electron chi connectivity index (χ2n) is 4.85. The van der Waals surface area contributed by atoms with E-state index >= 15 is 0 Å². The summed E-state index contributed by atoms with van der Waals surface area (Å²) in [6.45, 7) is 5.31.